The smallest absolute Gasteiger partial charge is 0.185 e. The minimum Gasteiger partial charge on any atom is -0.497 e. The Bertz CT molecular complexity index is 955. The molecule has 0 N–H and O–H groups in total. The molecule has 2 heteroatoms. The van der Waals surface area contributed by atoms with E-state index in [1.54, 1.807) is 31.4 Å². The second-order valence-electron chi connectivity index (χ2n) is 5.66. The quantitative estimate of drug-likeness (QED) is 0.380. The van der Waals surface area contributed by atoms with Gasteiger partial charge in [-0.05, 0) is 60.2 Å². The maximum absolute atomic E-state index is 12.3. The maximum atomic E-state index is 12.3. The van der Waals surface area contributed by atoms with Crippen molar-refractivity contribution in [2.24, 2.45) is 0 Å². The number of hydrogen-bond donors (Lipinski definition) is 0. The minimum atomic E-state index is -0.0385. The van der Waals surface area contributed by atoms with Gasteiger partial charge in [0.05, 0.1) is 7.11 Å². The lowest BCUT2D eigenvalue weighted by atomic mass is 10.1. The highest BCUT2D eigenvalue weighted by Gasteiger charge is 2.01. The molecule has 0 aromatic heterocycles. The predicted octanol–water partition coefficient (Wildman–Crippen LogP) is 4.99. The highest BCUT2D eigenvalue weighted by Crippen LogP contribution is 2.13. The first kappa shape index (κ1) is 17.3. The van der Waals surface area contributed by atoms with Crippen LogP contribution in [0, 0.1) is 11.8 Å². The SMILES string of the molecule is COc1ccc(/C=C\C(=O)c2ccc(C#Cc3ccccc3)cc2)cc1. The van der Waals surface area contributed by atoms with Gasteiger partial charge in [-0.25, -0.2) is 0 Å². The summed E-state index contributed by atoms with van der Waals surface area (Å²) in [7, 11) is 1.63. The molecule has 0 unspecified atom stereocenters. The molecule has 0 bridgehead atoms. The Labute approximate surface area is 153 Å². The lowest BCUT2D eigenvalue weighted by Crippen LogP contribution is -1.93. The Hall–Kier alpha value is -3.57. The third-order valence-corrected chi connectivity index (χ3v) is 3.84. The van der Waals surface area contributed by atoms with Crippen LogP contribution in [0.2, 0.25) is 0 Å². The highest BCUT2D eigenvalue weighted by atomic mass is 16.5. The summed E-state index contributed by atoms with van der Waals surface area (Å²) >= 11 is 0. The van der Waals surface area contributed by atoms with E-state index < -0.39 is 0 Å². The van der Waals surface area contributed by atoms with Crippen LogP contribution in [0.3, 0.4) is 0 Å². The van der Waals surface area contributed by atoms with Gasteiger partial charge >= 0.3 is 0 Å². The zero-order valence-corrected chi connectivity index (χ0v) is 14.5. The minimum absolute atomic E-state index is 0.0385. The van der Waals surface area contributed by atoms with Crippen molar-refractivity contribution in [1.82, 2.24) is 0 Å². The van der Waals surface area contributed by atoms with Crippen LogP contribution in [-0.4, -0.2) is 12.9 Å². The second kappa shape index (κ2) is 8.50. The Morgan fingerprint density at radius 1 is 0.808 bits per heavy atom. The van der Waals surface area contributed by atoms with E-state index in [1.165, 1.54) is 0 Å². The van der Waals surface area contributed by atoms with Gasteiger partial charge in [0.2, 0.25) is 0 Å². The first-order valence-corrected chi connectivity index (χ1v) is 8.28. The van der Waals surface area contributed by atoms with Gasteiger partial charge < -0.3 is 4.74 Å². The average Bonchev–Trinajstić information content (AvgIpc) is 2.72. The van der Waals surface area contributed by atoms with Gasteiger partial charge in [0, 0.05) is 16.7 Å². The van der Waals surface area contributed by atoms with Gasteiger partial charge in [-0.15, -0.1) is 0 Å². The van der Waals surface area contributed by atoms with Gasteiger partial charge in [-0.1, -0.05) is 48.2 Å². The zero-order valence-electron chi connectivity index (χ0n) is 14.5. The fraction of sp³-hybridized carbons (Fsp3) is 0.0417. The molecule has 126 valence electrons. The van der Waals surface area contributed by atoms with Crippen LogP contribution in [0.5, 0.6) is 5.75 Å². The van der Waals surface area contributed by atoms with Crippen molar-refractivity contribution in [1.29, 1.82) is 0 Å². The third-order valence-electron chi connectivity index (χ3n) is 3.84. The summed E-state index contributed by atoms with van der Waals surface area (Å²) in [4.78, 5) is 12.3. The van der Waals surface area contributed by atoms with Gasteiger partial charge in [-0.2, -0.15) is 0 Å². The Morgan fingerprint density at radius 2 is 1.42 bits per heavy atom. The molecule has 2 nitrogen and oxygen atoms in total. The first-order valence-electron chi connectivity index (χ1n) is 8.28. The van der Waals surface area contributed by atoms with Crippen LogP contribution < -0.4 is 4.74 Å². The number of methoxy groups -OCH3 is 1. The molecule has 0 aliphatic heterocycles. The van der Waals surface area contributed by atoms with Gasteiger partial charge in [-0.3, -0.25) is 4.79 Å². The molecule has 0 amide bonds. The number of benzene rings is 3. The molecule has 3 rings (SSSR count). The summed E-state index contributed by atoms with van der Waals surface area (Å²) in [5.41, 5.74) is 3.43. The number of hydrogen-bond acceptors (Lipinski definition) is 2. The number of carbonyl (C=O) groups is 1. The molecule has 0 fully saturated rings. The van der Waals surface area contributed by atoms with Crippen LogP contribution in [0.25, 0.3) is 6.08 Å². The molecule has 0 aliphatic rings. The molecular formula is C24H18O2. The van der Waals surface area contributed by atoms with Crippen molar-refractivity contribution < 1.29 is 9.53 Å². The van der Waals surface area contributed by atoms with Crippen LogP contribution >= 0.6 is 0 Å². The van der Waals surface area contributed by atoms with Crippen LogP contribution in [0.15, 0.2) is 84.9 Å². The number of rotatable bonds is 4. The Morgan fingerprint density at radius 3 is 2.04 bits per heavy atom. The molecular weight excluding hydrogens is 320 g/mol. The predicted molar refractivity (Wildman–Crippen MR) is 105 cm³/mol. The second-order valence-corrected chi connectivity index (χ2v) is 5.66. The van der Waals surface area contributed by atoms with E-state index in [2.05, 4.69) is 11.8 Å². The fourth-order valence-electron chi connectivity index (χ4n) is 2.37. The van der Waals surface area contributed by atoms with Crippen LogP contribution in [0.4, 0.5) is 0 Å². The fourth-order valence-corrected chi connectivity index (χ4v) is 2.37. The average molecular weight is 338 g/mol. The van der Waals surface area contributed by atoms with Crippen LogP contribution in [-0.2, 0) is 0 Å². The van der Waals surface area contributed by atoms with E-state index >= 15 is 0 Å². The van der Waals surface area contributed by atoms with Crippen molar-refractivity contribution in [2.75, 3.05) is 7.11 Å². The monoisotopic (exact) mass is 338 g/mol. The van der Waals surface area contributed by atoms with E-state index in [1.807, 2.05) is 66.7 Å². The standard InChI is InChI=1S/C24H18O2/c1-26-23-16-11-21(12-17-23)13-18-24(25)22-14-9-20(10-15-22)8-7-19-5-3-2-4-6-19/h2-6,9-18H,1H3/b18-13-. The molecule has 3 aromatic carbocycles. The topological polar surface area (TPSA) is 26.3 Å². The number of ketones is 1. The van der Waals surface area contributed by atoms with E-state index in [-0.39, 0.29) is 5.78 Å². The molecule has 0 heterocycles. The van der Waals surface area contributed by atoms with Gasteiger partial charge in [0.1, 0.15) is 5.75 Å². The van der Waals surface area contributed by atoms with Crippen molar-refractivity contribution >= 4 is 11.9 Å². The summed E-state index contributed by atoms with van der Waals surface area (Å²) in [5, 5.41) is 0. The summed E-state index contributed by atoms with van der Waals surface area (Å²) in [6, 6.07) is 24.7. The lowest BCUT2D eigenvalue weighted by molar-refractivity contribution is 0.104. The number of carbonyl (C=O) groups excluding carboxylic acids is 1. The number of ether oxygens (including phenoxy) is 1. The van der Waals surface area contributed by atoms with Crippen molar-refractivity contribution in [3.8, 4) is 17.6 Å². The summed E-state index contributed by atoms with van der Waals surface area (Å²) in [6.45, 7) is 0. The molecule has 0 atom stereocenters. The molecule has 0 saturated heterocycles. The summed E-state index contributed by atoms with van der Waals surface area (Å²) in [6.07, 6.45) is 3.37. The van der Waals surface area contributed by atoms with Gasteiger partial charge in [0.25, 0.3) is 0 Å². The van der Waals surface area contributed by atoms with E-state index in [4.69, 9.17) is 4.74 Å². The van der Waals surface area contributed by atoms with Crippen molar-refractivity contribution in [3.05, 3.63) is 107 Å². The van der Waals surface area contributed by atoms with E-state index in [0.717, 1.165) is 22.4 Å². The first-order chi connectivity index (χ1) is 12.7. The Kier molecular flexibility index (Phi) is 5.65. The van der Waals surface area contributed by atoms with Crippen molar-refractivity contribution in [3.63, 3.8) is 0 Å². The highest BCUT2D eigenvalue weighted by molar-refractivity contribution is 6.06. The van der Waals surface area contributed by atoms with Crippen LogP contribution in [0.1, 0.15) is 27.0 Å². The molecule has 0 radical (unpaired) electrons. The summed E-state index contributed by atoms with van der Waals surface area (Å²) < 4.78 is 5.12. The molecule has 0 spiro atoms. The lowest BCUT2D eigenvalue weighted by Gasteiger charge is -1.99. The normalized spacial score (nSPS) is 10.2. The molecule has 26 heavy (non-hydrogen) atoms. The third kappa shape index (κ3) is 4.72. The zero-order chi connectivity index (χ0) is 18.2. The molecule has 0 saturated carbocycles. The Balaban J connectivity index is 1.66. The van der Waals surface area contributed by atoms with Crippen molar-refractivity contribution in [2.45, 2.75) is 0 Å². The summed E-state index contributed by atoms with van der Waals surface area (Å²) in [5.74, 6) is 6.96. The molecule has 0 aliphatic carbocycles. The molecule has 3 aromatic rings. The number of allylic oxidation sites excluding steroid dienone is 1. The van der Waals surface area contributed by atoms with Gasteiger partial charge in [0.15, 0.2) is 5.78 Å². The largest absolute Gasteiger partial charge is 0.497 e. The van der Waals surface area contributed by atoms with E-state index in [9.17, 15) is 4.79 Å². The van der Waals surface area contributed by atoms with E-state index in [0.29, 0.717) is 5.56 Å². The maximum Gasteiger partial charge on any atom is 0.185 e.